The lowest BCUT2D eigenvalue weighted by atomic mass is 9.92. The van der Waals surface area contributed by atoms with Crippen molar-refractivity contribution in [3.63, 3.8) is 0 Å². The highest BCUT2D eigenvalue weighted by Gasteiger charge is 2.24. The molecule has 1 aromatic rings. The van der Waals surface area contributed by atoms with Gasteiger partial charge in [-0.15, -0.1) is 0 Å². The predicted octanol–water partition coefficient (Wildman–Crippen LogP) is 2.54. The summed E-state index contributed by atoms with van der Waals surface area (Å²) in [6, 6.07) is 0.816. The largest absolute Gasteiger partial charge is 0.493 e. The van der Waals surface area contributed by atoms with Crippen molar-refractivity contribution < 1.29 is 19.4 Å². The molecule has 20 heavy (non-hydrogen) atoms. The molecule has 0 aliphatic rings. The van der Waals surface area contributed by atoms with Gasteiger partial charge in [0.15, 0.2) is 11.5 Å². The van der Waals surface area contributed by atoms with Crippen molar-refractivity contribution in [2.45, 2.75) is 32.2 Å². The van der Waals surface area contributed by atoms with E-state index in [0.29, 0.717) is 11.5 Å². The number of halogens is 1. The van der Waals surface area contributed by atoms with E-state index >= 15 is 0 Å². The first-order chi connectivity index (χ1) is 9.33. The summed E-state index contributed by atoms with van der Waals surface area (Å²) in [7, 11) is 3.13. The number of aliphatic carboxylic acids is 1. The zero-order valence-corrected chi connectivity index (χ0v) is 13.7. The third-order valence-electron chi connectivity index (χ3n) is 3.08. The lowest BCUT2D eigenvalue weighted by Crippen LogP contribution is -2.32. The first kappa shape index (κ1) is 16.8. The van der Waals surface area contributed by atoms with Gasteiger partial charge >= 0.3 is 5.97 Å². The summed E-state index contributed by atoms with van der Waals surface area (Å²) in [6.07, 6.45) is 0.226. The van der Waals surface area contributed by atoms with Crippen LogP contribution in [0, 0.1) is 0 Å². The number of hydrogen-bond acceptors (Lipinski definition) is 4. The summed E-state index contributed by atoms with van der Waals surface area (Å²) in [4.78, 5) is 11.0. The summed E-state index contributed by atoms with van der Waals surface area (Å²) in [6.45, 7) is 4.03. The second kappa shape index (κ2) is 6.95. The van der Waals surface area contributed by atoms with Crippen LogP contribution in [0.2, 0.25) is 0 Å². The molecule has 1 unspecified atom stereocenters. The molecule has 5 nitrogen and oxygen atoms in total. The molecule has 1 rings (SSSR count). The Morgan fingerprint density at radius 2 is 2.00 bits per heavy atom. The molecule has 0 fully saturated rings. The molecule has 6 heteroatoms. The van der Waals surface area contributed by atoms with E-state index in [2.05, 4.69) is 15.9 Å². The number of methoxy groups -OCH3 is 2. The maximum Gasteiger partial charge on any atom is 0.320 e. The molecular formula is C14H20BrNO4. The molecule has 1 atom stereocenters. The molecule has 0 saturated heterocycles. The predicted molar refractivity (Wildman–Crippen MR) is 80.7 cm³/mol. The number of hydrogen-bond donors (Lipinski definition) is 2. The molecule has 0 aromatic heterocycles. The SMILES string of the molecule is COc1cc(Br)c(CC(N)C(=O)O)c(C(C)C)c1OC. The van der Waals surface area contributed by atoms with Crippen LogP contribution in [0.4, 0.5) is 0 Å². The van der Waals surface area contributed by atoms with Crippen molar-refractivity contribution in [2.24, 2.45) is 5.73 Å². The average molecular weight is 346 g/mol. The molecule has 1 aromatic carbocycles. The van der Waals surface area contributed by atoms with Crippen LogP contribution in [0.5, 0.6) is 11.5 Å². The lowest BCUT2D eigenvalue weighted by Gasteiger charge is -2.22. The Labute approximate surface area is 127 Å². The zero-order valence-electron chi connectivity index (χ0n) is 12.1. The van der Waals surface area contributed by atoms with E-state index in [1.54, 1.807) is 20.3 Å². The Morgan fingerprint density at radius 1 is 1.40 bits per heavy atom. The summed E-state index contributed by atoms with van der Waals surface area (Å²) in [5, 5.41) is 8.99. The van der Waals surface area contributed by atoms with E-state index in [9.17, 15) is 4.79 Å². The van der Waals surface area contributed by atoms with Crippen molar-refractivity contribution in [1.29, 1.82) is 0 Å². The van der Waals surface area contributed by atoms with Crippen LogP contribution in [0.3, 0.4) is 0 Å². The minimum absolute atomic E-state index is 0.146. The monoisotopic (exact) mass is 345 g/mol. The second-order valence-corrected chi connectivity index (χ2v) is 5.64. The normalized spacial score (nSPS) is 12.3. The van der Waals surface area contributed by atoms with Crippen LogP contribution in [0.15, 0.2) is 10.5 Å². The molecule has 112 valence electrons. The first-order valence-electron chi connectivity index (χ1n) is 6.25. The Kier molecular flexibility index (Phi) is 5.83. The number of carboxylic acid groups (broad SMARTS) is 1. The summed E-state index contributed by atoms with van der Waals surface area (Å²) >= 11 is 3.46. The zero-order chi connectivity index (χ0) is 15.4. The Hall–Kier alpha value is -1.27. The number of carbonyl (C=O) groups is 1. The summed E-state index contributed by atoms with van der Waals surface area (Å²) < 4.78 is 11.5. The third-order valence-corrected chi connectivity index (χ3v) is 3.79. The molecule has 0 aliphatic carbocycles. The smallest absolute Gasteiger partial charge is 0.320 e. The average Bonchev–Trinajstić information content (AvgIpc) is 2.39. The van der Waals surface area contributed by atoms with Gasteiger partial charge in [-0.3, -0.25) is 4.79 Å². The van der Waals surface area contributed by atoms with Crippen LogP contribution < -0.4 is 15.2 Å². The molecule has 0 saturated carbocycles. The quantitative estimate of drug-likeness (QED) is 0.827. The fourth-order valence-electron chi connectivity index (χ4n) is 2.15. The van der Waals surface area contributed by atoms with Gasteiger partial charge in [0, 0.05) is 10.0 Å². The highest BCUT2D eigenvalue weighted by atomic mass is 79.9. The van der Waals surface area contributed by atoms with E-state index in [-0.39, 0.29) is 12.3 Å². The van der Waals surface area contributed by atoms with E-state index in [1.807, 2.05) is 13.8 Å². The highest BCUT2D eigenvalue weighted by molar-refractivity contribution is 9.10. The number of rotatable bonds is 6. The molecule has 0 aliphatic heterocycles. The Bertz CT molecular complexity index is 502. The number of ether oxygens (including phenoxy) is 2. The van der Waals surface area contributed by atoms with Crippen molar-refractivity contribution in [3.05, 3.63) is 21.7 Å². The van der Waals surface area contributed by atoms with Crippen molar-refractivity contribution in [3.8, 4) is 11.5 Å². The van der Waals surface area contributed by atoms with Crippen LogP contribution in [-0.2, 0) is 11.2 Å². The minimum atomic E-state index is -1.03. The van der Waals surface area contributed by atoms with Crippen molar-refractivity contribution >= 4 is 21.9 Å². The molecular weight excluding hydrogens is 326 g/mol. The minimum Gasteiger partial charge on any atom is -0.493 e. The van der Waals surface area contributed by atoms with Gasteiger partial charge in [0.2, 0.25) is 0 Å². The topological polar surface area (TPSA) is 81.8 Å². The van der Waals surface area contributed by atoms with Gasteiger partial charge in [-0.2, -0.15) is 0 Å². The van der Waals surface area contributed by atoms with Gasteiger partial charge in [0.1, 0.15) is 6.04 Å². The maximum atomic E-state index is 11.0. The Morgan fingerprint density at radius 3 is 2.40 bits per heavy atom. The third kappa shape index (κ3) is 3.43. The van der Waals surface area contributed by atoms with Crippen LogP contribution >= 0.6 is 15.9 Å². The molecule has 3 N–H and O–H groups in total. The van der Waals surface area contributed by atoms with Crippen LogP contribution in [0.1, 0.15) is 30.9 Å². The van der Waals surface area contributed by atoms with E-state index in [1.165, 1.54) is 0 Å². The molecule has 0 bridgehead atoms. The Balaban J connectivity index is 3.45. The molecule has 0 spiro atoms. The van der Waals surface area contributed by atoms with Crippen LogP contribution in [0.25, 0.3) is 0 Å². The molecule has 0 heterocycles. The standard InChI is InChI=1S/C14H20BrNO4/c1-7(2)12-8(5-10(16)14(17)18)9(15)6-11(19-3)13(12)20-4/h6-7,10H,5,16H2,1-4H3,(H,17,18). The highest BCUT2D eigenvalue weighted by Crippen LogP contribution is 2.42. The lowest BCUT2D eigenvalue weighted by molar-refractivity contribution is -0.138. The van der Waals surface area contributed by atoms with E-state index in [4.69, 9.17) is 20.3 Å². The number of benzene rings is 1. The van der Waals surface area contributed by atoms with Gasteiger partial charge < -0.3 is 20.3 Å². The maximum absolute atomic E-state index is 11.0. The van der Waals surface area contributed by atoms with E-state index in [0.717, 1.165) is 15.6 Å². The van der Waals surface area contributed by atoms with Crippen molar-refractivity contribution in [2.75, 3.05) is 14.2 Å². The van der Waals surface area contributed by atoms with Crippen LogP contribution in [-0.4, -0.2) is 31.3 Å². The summed E-state index contributed by atoms with van der Waals surface area (Å²) in [5.74, 6) is 0.350. The van der Waals surface area contributed by atoms with Crippen molar-refractivity contribution in [1.82, 2.24) is 0 Å². The van der Waals surface area contributed by atoms with E-state index < -0.39 is 12.0 Å². The fourth-order valence-corrected chi connectivity index (χ4v) is 2.74. The van der Waals surface area contributed by atoms with Gasteiger partial charge in [0.05, 0.1) is 14.2 Å². The first-order valence-corrected chi connectivity index (χ1v) is 7.04. The molecule has 0 radical (unpaired) electrons. The number of carboxylic acids is 1. The molecule has 0 amide bonds. The summed E-state index contributed by atoms with van der Waals surface area (Å²) in [5.41, 5.74) is 7.41. The van der Waals surface area contributed by atoms with Gasteiger partial charge in [0.25, 0.3) is 0 Å². The van der Waals surface area contributed by atoms with Gasteiger partial charge in [-0.05, 0) is 24.0 Å². The fraction of sp³-hybridized carbons (Fsp3) is 0.500. The van der Waals surface area contributed by atoms with Gasteiger partial charge in [-0.1, -0.05) is 29.8 Å². The number of nitrogens with two attached hydrogens (primary N) is 1. The van der Waals surface area contributed by atoms with Gasteiger partial charge in [-0.25, -0.2) is 0 Å². The second-order valence-electron chi connectivity index (χ2n) is 4.79.